The molecule has 9 nitrogen and oxygen atoms in total. The Kier molecular flexibility index (Phi) is 7.93. The molecule has 1 aliphatic rings. The molecule has 184 valence electrons. The van der Waals surface area contributed by atoms with Crippen LogP contribution in [0.5, 0.6) is 0 Å². The van der Waals surface area contributed by atoms with Crippen molar-refractivity contribution in [2.45, 2.75) is 71.7 Å². The Morgan fingerprint density at radius 3 is 2.15 bits per heavy atom. The molecule has 0 radical (unpaired) electrons. The van der Waals surface area contributed by atoms with Gasteiger partial charge in [0.25, 0.3) is 11.5 Å². The highest BCUT2D eigenvalue weighted by molar-refractivity contribution is 7.54. The number of nitrogens with zero attached hydrogens (tertiary/aromatic N) is 2. The van der Waals surface area contributed by atoms with Gasteiger partial charge in [0.15, 0.2) is 5.85 Å². The van der Waals surface area contributed by atoms with Gasteiger partial charge in [0.05, 0.1) is 24.4 Å². The first-order valence-corrected chi connectivity index (χ1v) is 12.8. The first-order valence-electron chi connectivity index (χ1n) is 11.2. The van der Waals surface area contributed by atoms with Crippen LogP contribution in [0.15, 0.2) is 58.3 Å². The van der Waals surface area contributed by atoms with E-state index in [1.165, 1.54) is 17.7 Å². The summed E-state index contributed by atoms with van der Waals surface area (Å²) in [6.07, 6.45) is 3.28. The number of carbonyl (C=O) groups is 1. The zero-order chi connectivity index (χ0) is 25.2. The van der Waals surface area contributed by atoms with Crippen molar-refractivity contribution in [1.82, 2.24) is 9.13 Å². The van der Waals surface area contributed by atoms with Crippen molar-refractivity contribution in [3.63, 3.8) is 0 Å². The molecule has 34 heavy (non-hydrogen) atoms. The monoisotopic (exact) mass is 490 g/mol. The molecular formula is C24H31N2O7P. The molecule has 0 bridgehead atoms. The number of rotatable bonds is 7. The lowest BCUT2D eigenvalue weighted by Crippen LogP contribution is -2.47. The largest absolute Gasteiger partial charge is 0.363 e. The Hall–Kier alpha value is -2.58. The van der Waals surface area contributed by atoms with Crippen LogP contribution in [0.3, 0.4) is 0 Å². The topological polar surface area (TPSA) is 106 Å². The number of aryl methyl sites for hydroxylation is 1. The van der Waals surface area contributed by atoms with Crippen LogP contribution in [0, 0.1) is 6.92 Å². The number of ether oxygens (including phenoxy) is 1. The quantitative estimate of drug-likeness (QED) is 0.428. The number of benzene rings is 1. The van der Waals surface area contributed by atoms with Gasteiger partial charge in [-0.1, -0.05) is 24.3 Å². The van der Waals surface area contributed by atoms with Crippen LogP contribution < -0.4 is 11.2 Å². The van der Waals surface area contributed by atoms with E-state index in [1.54, 1.807) is 77.1 Å². The van der Waals surface area contributed by atoms with Gasteiger partial charge in [-0.3, -0.25) is 18.7 Å². The fraction of sp³-hybridized carbons (Fsp3) is 0.458. The third kappa shape index (κ3) is 5.39. The summed E-state index contributed by atoms with van der Waals surface area (Å²) in [4.78, 5) is 39.0. The number of hydrogen-bond acceptors (Lipinski definition) is 7. The zero-order valence-corrected chi connectivity index (χ0v) is 21.1. The molecule has 0 amide bonds. The molecule has 0 aliphatic carbocycles. The molecule has 10 heteroatoms. The van der Waals surface area contributed by atoms with Gasteiger partial charge in [-0.05, 0) is 59.8 Å². The Bertz CT molecular complexity index is 1220. The number of carbonyl (C=O) groups excluding carboxylic acids is 1. The Morgan fingerprint density at radius 2 is 1.62 bits per heavy atom. The SMILES string of the molecule is Cc1cn([C@H]2C=CC(P(=O)(OC(C)C)OC(C)C)O[C@H]2C)c(=O)n(C(=O)c2ccccc2)c1=O. The van der Waals surface area contributed by atoms with E-state index in [-0.39, 0.29) is 23.3 Å². The van der Waals surface area contributed by atoms with Crippen molar-refractivity contribution < 1.29 is 23.1 Å². The molecule has 1 aromatic heterocycles. The van der Waals surface area contributed by atoms with Crippen LogP contribution in [-0.2, 0) is 18.3 Å². The fourth-order valence-electron chi connectivity index (χ4n) is 3.74. The lowest BCUT2D eigenvalue weighted by atomic mass is 10.1. The van der Waals surface area contributed by atoms with Crippen molar-refractivity contribution in [3.8, 4) is 0 Å². The molecule has 0 spiro atoms. The van der Waals surface area contributed by atoms with Crippen LogP contribution in [0.4, 0.5) is 0 Å². The molecule has 1 unspecified atom stereocenters. The molecule has 0 fully saturated rings. The highest BCUT2D eigenvalue weighted by atomic mass is 31.2. The summed E-state index contributed by atoms with van der Waals surface area (Å²) in [5.41, 5.74) is -1.02. The molecule has 2 heterocycles. The minimum absolute atomic E-state index is 0.222. The van der Waals surface area contributed by atoms with Crippen LogP contribution >= 0.6 is 7.60 Å². The smallest absolute Gasteiger partial charge is 0.356 e. The van der Waals surface area contributed by atoms with Crippen molar-refractivity contribution in [2.75, 3.05) is 0 Å². The normalized spacial score (nSPS) is 20.8. The summed E-state index contributed by atoms with van der Waals surface area (Å²) in [5.74, 6) is -1.67. The van der Waals surface area contributed by atoms with E-state index < -0.39 is 42.7 Å². The van der Waals surface area contributed by atoms with Crippen LogP contribution in [0.2, 0.25) is 0 Å². The average molecular weight is 490 g/mol. The molecule has 3 atom stereocenters. The first-order chi connectivity index (χ1) is 15.9. The third-order valence-electron chi connectivity index (χ3n) is 5.17. The molecule has 0 saturated heterocycles. The lowest BCUT2D eigenvalue weighted by Gasteiger charge is -2.35. The van der Waals surface area contributed by atoms with Crippen LogP contribution in [0.25, 0.3) is 0 Å². The zero-order valence-electron chi connectivity index (χ0n) is 20.2. The summed E-state index contributed by atoms with van der Waals surface area (Å²) in [6, 6.07) is 7.48. The van der Waals surface area contributed by atoms with Crippen molar-refractivity contribution in [2.24, 2.45) is 0 Å². The van der Waals surface area contributed by atoms with Crippen molar-refractivity contribution in [1.29, 1.82) is 0 Å². The summed E-state index contributed by atoms with van der Waals surface area (Å²) in [7, 11) is -3.66. The summed E-state index contributed by atoms with van der Waals surface area (Å²) in [6.45, 7) is 10.3. The maximum Gasteiger partial charge on any atom is 0.363 e. The number of aromatic nitrogens is 2. The van der Waals surface area contributed by atoms with Gasteiger partial charge in [0.2, 0.25) is 0 Å². The van der Waals surface area contributed by atoms with Gasteiger partial charge >= 0.3 is 13.3 Å². The lowest BCUT2D eigenvalue weighted by molar-refractivity contribution is 0.00350. The maximum absolute atomic E-state index is 13.5. The highest BCUT2D eigenvalue weighted by Crippen LogP contribution is 2.57. The Morgan fingerprint density at radius 1 is 1.03 bits per heavy atom. The van der Waals surface area contributed by atoms with E-state index in [4.69, 9.17) is 13.8 Å². The molecule has 1 aromatic carbocycles. The van der Waals surface area contributed by atoms with E-state index in [0.29, 0.717) is 4.57 Å². The second kappa shape index (κ2) is 10.4. The van der Waals surface area contributed by atoms with Gasteiger partial charge in [0, 0.05) is 17.3 Å². The summed E-state index contributed by atoms with van der Waals surface area (Å²) < 4.78 is 32.6. The van der Waals surface area contributed by atoms with E-state index in [2.05, 4.69) is 0 Å². The van der Waals surface area contributed by atoms with Gasteiger partial charge in [-0.15, -0.1) is 0 Å². The third-order valence-corrected chi connectivity index (χ3v) is 7.51. The predicted octanol–water partition coefficient (Wildman–Crippen LogP) is 3.89. The van der Waals surface area contributed by atoms with Crippen molar-refractivity contribution >= 4 is 13.5 Å². The van der Waals surface area contributed by atoms with Crippen LogP contribution in [0.1, 0.15) is 56.6 Å². The van der Waals surface area contributed by atoms with Gasteiger partial charge in [-0.2, -0.15) is 4.57 Å². The van der Waals surface area contributed by atoms with E-state index >= 15 is 0 Å². The average Bonchev–Trinajstić information content (AvgIpc) is 2.76. The van der Waals surface area contributed by atoms with Gasteiger partial charge < -0.3 is 13.8 Å². The maximum atomic E-state index is 13.5. The minimum atomic E-state index is -3.66. The van der Waals surface area contributed by atoms with Gasteiger partial charge in [0.1, 0.15) is 0 Å². The van der Waals surface area contributed by atoms with E-state index in [9.17, 15) is 18.9 Å². The molecule has 3 rings (SSSR count). The Balaban J connectivity index is 2.02. The second-order valence-electron chi connectivity index (χ2n) is 8.77. The fourth-order valence-corrected chi connectivity index (χ4v) is 5.86. The van der Waals surface area contributed by atoms with E-state index in [0.717, 1.165) is 0 Å². The molecule has 0 saturated carbocycles. The molecule has 2 aromatic rings. The Labute approximate surface area is 198 Å². The highest BCUT2D eigenvalue weighted by Gasteiger charge is 2.42. The number of hydrogen-bond donors (Lipinski definition) is 0. The first kappa shape index (κ1) is 26.0. The standard InChI is InChI=1S/C24H31N2O7P/c1-15(2)32-34(30,33-16(3)4)21-13-12-20(18(6)31-21)25-14-17(5)22(27)26(24(25)29)23(28)19-10-8-7-9-11-19/h7-16,18,20-21H,1-6H3/t18-,20-,21?/m0/s1. The molecule has 0 N–H and O–H groups in total. The summed E-state index contributed by atoms with van der Waals surface area (Å²) >= 11 is 0. The van der Waals surface area contributed by atoms with Gasteiger partial charge in [-0.25, -0.2) is 4.79 Å². The van der Waals surface area contributed by atoms with Crippen LogP contribution in [-0.4, -0.2) is 39.2 Å². The second-order valence-corrected chi connectivity index (χ2v) is 10.8. The molecular weight excluding hydrogens is 459 g/mol. The van der Waals surface area contributed by atoms with Crippen molar-refractivity contribution in [3.05, 3.63) is 80.6 Å². The minimum Gasteiger partial charge on any atom is -0.356 e. The van der Waals surface area contributed by atoms with E-state index in [1.807, 2.05) is 0 Å². The molecule has 1 aliphatic heterocycles. The predicted molar refractivity (Wildman–Crippen MR) is 128 cm³/mol. The summed E-state index contributed by atoms with van der Waals surface area (Å²) in [5, 5.41) is 0.